The second-order valence-corrected chi connectivity index (χ2v) is 14.2. The van der Waals surface area contributed by atoms with E-state index in [0.29, 0.717) is 44.0 Å². The van der Waals surface area contributed by atoms with Crippen molar-refractivity contribution in [1.29, 1.82) is 0 Å². The smallest absolute Gasteiger partial charge is 0.409 e. The Morgan fingerprint density at radius 3 is 2.31 bits per heavy atom. The van der Waals surface area contributed by atoms with Crippen LogP contribution in [0.5, 0.6) is 0 Å². The average Bonchev–Trinajstić information content (AvgIpc) is 3.00. The molecule has 1 heterocycles. The van der Waals surface area contributed by atoms with E-state index < -0.39 is 0 Å². The summed E-state index contributed by atoms with van der Waals surface area (Å²) in [7, 11) is 1.75. The van der Waals surface area contributed by atoms with Crippen LogP contribution < -0.4 is 5.32 Å². The summed E-state index contributed by atoms with van der Waals surface area (Å²) < 4.78 is 24.0. The standard InChI is InChI=1S/C37H66N2O6/c1-11-33(42-10)29(7)45-37(8,9)23-26(4)15-14-16-27(5)34-28(6)17-22-32(44-34)24-38-35(40)31-20-18-30(19-21-31)25-43-36(41)39(12-2)13-3/h14-16,26,28-34H,11-13,17-25H2,1-10H3,(H,38,40)/b15-14+,27-16+/t26-,28+,29?,30?,31?,32-,33+,34-/m1/s1. The first-order valence-electron chi connectivity index (χ1n) is 17.7. The molecular weight excluding hydrogens is 568 g/mol. The van der Waals surface area contributed by atoms with Gasteiger partial charge in [0.25, 0.3) is 0 Å². The Morgan fingerprint density at radius 2 is 1.71 bits per heavy atom. The van der Waals surface area contributed by atoms with E-state index in [1.807, 2.05) is 13.8 Å². The number of allylic oxidation sites excluding steroid dienone is 3. The van der Waals surface area contributed by atoms with Gasteiger partial charge in [-0.2, -0.15) is 0 Å². The van der Waals surface area contributed by atoms with Gasteiger partial charge in [-0.05, 0) is 116 Å². The van der Waals surface area contributed by atoms with Crippen molar-refractivity contribution < 1.29 is 28.5 Å². The normalized spacial score (nSPS) is 26.7. The summed E-state index contributed by atoms with van der Waals surface area (Å²) in [6.07, 6.45) is 14.0. The lowest BCUT2D eigenvalue weighted by atomic mass is 9.82. The van der Waals surface area contributed by atoms with Crippen molar-refractivity contribution >= 4 is 12.0 Å². The van der Waals surface area contributed by atoms with Crippen LogP contribution in [0.2, 0.25) is 0 Å². The fourth-order valence-corrected chi connectivity index (χ4v) is 7.08. The van der Waals surface area contributed by atoms with Crippen LogP contribution in [-0.4, -0.2) is 80.3 Å². The molecule has 1 aliphatic heterocycles. The van der Waals surface area contributed by atoms with E-state index >= 15 is 0 Å². The number of rotatable bonds is 17. The number of hydrogen-bond acceptors (Lipinski definition) is 6. The van der Waals surface area contributed by atoms with Gasteiger partial charge in [0, 0.05) is 32.7 Å². The predicted octanol–water partition coefficient (Wildman–Crippen LogP) is 7.71. The Kier molecular flexibility index (Phi) is 17.2. The Morgan fingerprint density at radius 1 is 1.04 bits per heavy atom. The molecule has 260 valence electrons. The lowest BCUT2D eigenvalue weighted by Crippen LogP contribution is -2.43. The number of carbonyl (C=O) groups excluding carboxylic acids is 2. The van der Waals surface area contributed by atoms with Crippen LogP contribution in [0.3, 0.4) is 0 Å². The lowest BCUT2D eigenvalue weighted by molar-refractivity contribution is -0.128. The quantitative estimate of drug-likeness (QED) is 0.165. The molecule has 0 bridgehead atoms. The second kappa shape index (κ2) is 19.7. The molecule has 0 aromatic rings. The summed E-state index contributed by atoms with van der Waals surface area (Å²) in [5, 5.41) is 3.19. The molecule has 0 radical (unpaired) electrons. The molecule has 45 heavy (non-hydrogen) atoms. The van der Waals surface area contributed by atoms with Crippen molar-refractivity contribution in [3.8, 4) is 0 Å². The summed E-state index contributed by atoms with van der Waals surface area (Å²) >= 11 is 0. The summed E-state index contributed by atoms with van der Waals surface area (Å²) in [6, 6.07) is 0. The first kappa shape index (κ1) is 39.3. The third-order valence-electron chi connectivity index (χ3n) is 9.78. The monoisotopic (exact) mass is 634 g/mol. The van der Waals surface area contributed by atoms with Crippen LogP contribution in [0.1, 0.15) is 114 Å². The average molecular weight is 635 g/mol. The molecule has 1 N–H and O–H groups in total. The van der Waals surface area contributed by atoms with Crippen LogP contribution in [0.4, 0.5) is 4.79 Å². The van der Waals surface area contributed by atoms with E-state index in [0.717, 1.165) is 51.4 Å². The van der Waals surface area contributed by atoms with Gasteiger partial charge in [-0.1, -0.05) is 39.0 Å². The largest absolute Gasteiger partial charge is 0.449 e. The number of ether oxygens (including phenoxy) is 4. The van der Waals surface area contributed by atoms with E-state index in [4.69, 9.17) is 18.9 Å². The van der Waals surface area contributed by atoms with Gasteiger partial charge in [-0.3, -0.25) is 4.79 Å². The molecule has 8 heteroatoms. The topological polar surface area (TPSA) is 86.3 Å². The Hall–Kier alpha value is -1.90. The molecule has 1 saturated heterocycles. The predicted molar refractivity (Wildman–Crippen MR) is 182 cm³/mol. The van der Waals surface area contributed by atoms with Gasteiger partial charge < -0.3 is 29.2 Å². The van der Waals surface area contributed by atoms with E-state index in [9.17, 15) is 9.59 Å². The molecular formula is C37H66N2O6. The summed E-state index contributed by atoms with van der Waals surface area (Å²) in [4.78, 5) is 26.8. The van der Waals surface area contributed by atoms with Gasteiger partial charge in [0.2, 0.25) is 5.91 Å². The molecule has 2 fully saturated rings. The maximum atomic E-state index is 13.0. The number of hydrogen-bond donors (Lipinski definition) is 1. The van der Waals surface area contributed by atoms with Crippen LogP contribution in [-0.2, 0) is 23.7 Å². The summed E-state index contributed by atoms with van der Waals surface area (Å²) in [6.45, 7) is 21.4. The molecule has 1 aliphatic carbocycles. The Balaban J connectivity index is 1.78. The SMILES string of the molecule is CC[C@H](OC)C(C)OC(C)(C)C[C@H](C)/C=C/C=C(\C)[C@H]1O[C@@H](CNC(=O)C2CCC(COC(=O)N(CC)CC)CC2)CC[C@@H]1C. The fraction of sp³-hybridized carbons (Fsp3) is 0.838. The first-order chi connectivity index (χ1) is 21.3. The van der Waals surface area contributed by atoms with Crippen molar-refractivity contribution in [1.82, 2.24) is 10.2 Å². The number of methoxy groups -OCH3 is 1. The molecule has 0 spiro atoms. The van der Waals surface area contributed by atoms with Crippen LogP contribution in [0, 0.1) is 23.7 Å². The first-order valence-corrected chi connectivity index (χ1v) is 17.7. The highest BCUT2D eigenvalue weighted by Crippen LogP contribution is 2.31. The van der Waals surface area contributed by atoms with Gasteiger partial charge in [-0.15, -0.1) is 0 Å². The van der Waals surface area contributed by atoms with Crippen LogP contribution in [0.15, 0.2) is 23.8 Å². The van der Waals surface area contributed by atoms with Crippen molar-refractivity contribution in [2.45, 2.75) is 144 Å². The third-order valence-corrected chi connectivity index (χ3v) is 9.78. The van der Waals surface area contributed by atoms with E-state index in [-0.39, 0.29) is 47.9 Å². The number of nitrogens with zero attached hydrogens (tertiary/aromatic N) is 1. The van der Waals surface area contributed by atoms with E-state index in [1.165, 1.54) is 5.57 Å². The zero-order valence-corrected chi connectivity index (χ0v) is 30.2. The summed E-state index contributed by atoms with van der Waals surface area (Å²) in [5.41, 5.74) is 0.975. The van der Waals surface area contributed by atoms with Crippen molar-refractivity contribution in [3.05, 3.63) is 23.8 Å². The summed E-state index contributed by atoms with van der Waals surface area (Å²) in [5.74, 6) is 1.29. The third kappa shape index (κ3) is 13.4. The number of carbonyl (C=O) groups is 2. The molecule has 0 aromatic heterocycles. The van der Waals surface area contributed by atoms with Crippen LogP contribution >= 0.6 is 0 Å². The second-order valence-electron chi connectivity index (χ2n) is 14.2. The van der Waals surface area contributed by atoms with Crippen molar-refractivity contribution in [3.63, 3.8) is 0 Å². The molecule has 8 nitrogen and oxygen atoms in total. The number of nitrogens with one attached hydrogen (secondary N) is 1. The Labute approximate surface area is 275 Å². The molecule has 0 aromatic carbocycles. The molecule has 2 amide bonds. The van der Waals surface area contributed by atoms with E-state index in [1.54, 1.807) is 12.0 Å². The highest BCUT2D eigenvalue weighted by atomic mass is 16.6. The van der Waals surface area contributed by atoms with Crippen molar-refractivity contribution in [2.75, 3.05) is 33.4 Å². The minimum absolute atomic E-state index is 0.0243. The fourth-order valence-electron chi connectivity index (χ4n) is 7.08. The highest BCUT2D eigenvalue weighted by molar-refractivity contribution is 5.78. The van der Waals surface area contributed by atoms with E-state index in [2.05, 4.69) is 72.0 Å². The number of amides is 2. The van der Waals surface area contributed by atoms with Gasteiger partial charge >= 0.3 is 6.09 Å². The van der Waals surface area contributed by atoms with Crippen LogP contribution in [0.25, 0.3) is 0 Å². The van der Waals surface area contributed by atoms with Gasteiger partial charge in [0.15, 0.2) is 0 Å². The van der Waals surface area contributed by atoms with Gasteiger partial charge in [0.05, 0.1) is 36.6 Å². The minimum atomic E-state index is -0.244. The zero-order valence-electron chi connectivity index (χ0n) is 30.2. The molecule has 6 atom stereocenters. The lowest BCUT2D eigenvalue weighted by Gasteiger charge is -2.36. The van der Waals surface area contributed by atoms with Crippen molar-refractivity contribution in [2.24, 2.45) is 23.7 Å². The maximum Gasteiger partial charge on any atom is 0.409 e. The highest BCUT2D eigenvalue weighted by Gasteiger charge is 2.32. The molecule has 1 unspecified atom stereocenters. The van der Waals surface area contributed by atoms with Gasteiger partial charge in [-0.25, -0.2) is 4.79 Å². The van der Waals surface area contributed by atoms with Gasteiger partial charge in [0.1, 0.15) is 0 Å². The molecule has 2 rings (SSSR count). The molecule has 2 aliphatic rings. The Bertz CT molecular complexity index is 933. The minimum Gasteiger partial charge on any atom is -0.449 e. The zero-order chi connectivity index (χ0) is 33.6. The molecule has 1 saturated carbocycles. The maximum absolute atomic E-state index is 13.0.